The van der Waals surface area contributed by atoms with E-state index in [4.69, 9.17) is 15.3 Å². The van der Waals surface area contributed by atoms with Crippen LogP contribution in [0.4, 0.5) is 0 Å². The van der Waals surface area contributed by atoms with Crippen molar-refractivity contribution in [1.29, 1.82) is 0 Å². The molecule has 6 heteroatoms. The lowest BCUT2D eigenvalue weighted by Gasteiger charge is -2.07. The van der Waals surface area contributed by atoms with Gasteiger partial charge in [-0.15, -0.1) is 0 Å². The summed E-state index contributed by atoms with van der Waals surface area (Å²) >= 11 is 0. The van der Waals surface area contributed by atoms with Crippen LogP contribution in [0.15, 0.2) is 0 Å². The van der Waals surface area contributed by atoms with Crippen LogP contribution in [0.2, 0.25) is 0 Å². The Balaban J connectivity index is 3.08. The van der Waals surface area contributed by atoms with Gasteiger partial charge in [-0.25, -0.2) is 4.79 Å². The lowest BCUT2D eigenvalue weighted by atomic mass is 10.2. The minimum absolute atomic E-state index is 0.137. The fourth-order valence-electron chi connectivity index (χ4n) is 1.03. The number of rotatable bonds is 10. The van der Waals surface area contributed by atoms with E-state index in [1.54, 1.807) is 0 Å². The Kier molecular flexibility index (Phi) is 9.40. The van der Waals surface area contributed by atoms with Crippen LogP contribution in [0, 0.1) is 0 Å². The van der Waals surface area contributed by atoms with Gasteiger partial charge >= 0.3 is 5.97 Å². The second-order valence-electron chi connectivity index (χ2n) is 3.22. The standard InChI is InChI=1S/C9H20N2O4/c12-7-6-11-4-1-3-10-5-2-8(13)9(14)15/h8,10-13H,1-7H2,(H,14,15). The number of carbonyl (C=O) groups is 1. The maximum atomic E-state index is 10.2. The van der Waals surface area contributed by atoms with Crippen LogP contribution in [0.3, 0.4) is 0 Å². The van der Waals surface area contributed by atoms with E-state index in [1.807, 2.05) is 0 Å². The molecule has 90 valence electrons. The topological polar surface area (TPSA) is 102 Å². The third kappa shape index (κ3) is 9.61. The molecule has 1 unspecified atom stereocenters. The van der Waals surface area contributed by atoms with Gasteiger partial charge in [-0.3, -0.25) is 0 Å². The molecule has 0 aromatic carbocycles. The average Bonchev–Trinajstić information content (AvgIpc) is 2.21. The zero-order chi connectivity index (χ0) is 11.5. The smallest absolute Gasteiger partial charge is 0.332 e. The zero-order valence-electron chi connectivity index (χ0n) is 8.78. The third-order valence-corrected chi connectivity index (χ3v) is 1.88. The number of nitrogens with one attached hydrogen (secondary N) is 2. The van der Waals surface area contributed by atoms with Crippen molar-refractivity contribution >= 4 is 5.97 Å². The molecule has 0 saturated carbocycles. The molecule has 1 atom stereocenters. The minimum atomic E-state index is -1.27. The van der Waals surface area contributed by atoms with Gasteiger partial charge in [0.1, 0.15) is 0 Å². The molecule has 0 amide bonds. The van der Waals surface area contributed by atoms with Gasteiger partial charge in [-0.1, -0.05) is 0 Å². The van der Waals surface area contributed by atoms with E-state index in [1.165, 1.54) is 0 Å². The zero-order valence-corrected chi connectivity index (χ0v) is 8.78. The molecule has 0 spiro atoms. The molecule has 0 aliphatic heterocycles. The van der Waals surface area contributed by atoms with Gasteiger partial charge in [-0.05, 0) is 32.5 Å². The molecular weight excluding hydrogens is 200 g/mol. The second-order valence-corrected chi connectivity index (χ2v) is 3.22. The Hall–Kier alpha value is -0.690. The maximum absolute atomic E-state index is 10.2. The minimum Gasteiger partial charge on any atom is -0.479 e. The van der Waals surface area contributed by atoms with Crippen molar-refractivity contribution in [3.63, 3.8) is 0 Å². The first kappa shape index (κ1) is 14.3. The Labute approximate surface area is 89.3 Å². The number of aliphatic carboxylic acids is 1. The van der Waals surface area contributed by atoms with Crippen molar-refractivity contribution in [3.05, 3.63) is 0 Å². The van der Waals surface area contributed by atoms with Crippen LogP contribution in [0.25, 0.3) is 0 Å². The highest BCUT2D eigenvalue weighted by Crippen LogP contribution is 1.89. The van der Waals surface area contributed by atoms with Gasteiger partial charge < -0.3 is 26.0 Å². The maximum Gasteiger partial charge on any atom is 0.332 e. The Morgan fingerprint density at radius 1 is 1.13 bits per heavy atom. The molecule has 5 N–H and O–H groups in total. The number of aliphatic hydroxyl groups excluding tert-OH is 2. The van der Waals surface area contributed by atoms with Crippen molar-refractivity contribution in [3.8, 4) is 0 Å². The fourth-order valence-corrected chi connectivity index (χ4v) is 1.03. The molecule has 0 aliphatic carbocycles. The molecular formula is C9H20N2O4. The first-order chi connectivity index (χ1) is 7.18. The molecule has 0 saturated heterocycles. The summed E-state index contributed by atoms with van der Waals surface area (Å²) in [6.07, 6.45) is -0.146. The predicted molar refractivity (Wildman–Crippen MR) is 55.7 cm³/mol. The summed E-state index contributed by atoms with van der Waals surface area (Å²) in [4.78, 5) is 10.2. The molecule has 0 rings (SSSR count). The van der Waals surface area contributed by atoms with Crippen molar-refractivity contribution < 1.29 is 20.1 Å². The van der Waals surface area contributed by atoms with Crippen LogP contribution < -0.4 is 10.6 Å². The van der Waals surface area contributed by atoms with Gasteiger partial charge in [0.05, 0.1) is 6.61 Å². The van der Waals surface area contributed by atoms with E-state index in [2.05, 4.69) is 10.6 Å². The fraction of sp³-hybridized carbons (Fsp3) is 0.889. The largest absolute Gasteiger partial charge is 0.479 e. The number of aliphatic hydroxyl groups is 2. The predicted octanol–water partition coefficient (Wildman–Crippen LogP) is -1.62. The SMILES string of the molecule is O=C(O)C(O)CCNCCCNCCO. The molecule has 6 nitrogen and oxygen atoms in total. The van der Waals surface area contributed by atoms with Crippen molar-refractivity contribution in [2.45, 2.75) is 18.9 Å². The van der Waals surface area contributed by atoms with Crippen LogP contribution >= 0.6 is 0 Å². The molecule has 0 aromatic rings. The van der Waals surface area contributed by atoms with E-state index in [0.717, 1.165) is 19.5 Å². The van der Waals surface area contributed by atoms with E-state index >= 15 is 0 Å². The van der Waals surface area contributed by atoms with Crippen LogP contribution in [0.1, 0.15) is 12.8 Å². The lowest BCUT2D eigenvalue weighted by molar-refractivity contribution is -0.146. The lowest BCUT2D eigenvalue weighted by Crippen LogP contribution is -2.28. The van der Waals surface area contributed by atoms with Gasteiger partial charge in [0, 0.05) is 6.54 Å². The summed E-state index contributed by atoms with van der Waals surface area (Å²) in [5.74, 6) is -1.18. The molecule has 0 aromatic heterocycles. The molecule has 0 heterocycles. The van der Waals surface area contributed by atoms with Crippen molar-refractivity contribution in [1.82, 2.24) is 10.6 Å². The van der Waals surface area contributed by atoms with Gasteiger partial charge in [-0.2, -0.15) is 0 Å². The molecule has 0 fully saturated rings. The number of hydrogen-bond donors (Lipinski definition) is 5. The number of carboxylic acids is 1. The third-order valence-electron chi connectivity index (χ3n) is 1.88. The highest BCUT2D eigenvalue weighted by molar-refractivity contribution is 5.71. The molecule has 0 aliphatic rings. The summed E-state index contributed by atoms with van der Waals surface area (Å²) in [5.41, 5.74) is 0. The van der Waals surface area contributed by atoms with E-state index < -0.39 is 12.1 Å². The van der Waals surface area contributed by atoms with E-state index in [-0.39, 0.29) is 13.0 Å². The molecule has 0 bridgehead atoms. The first-order valence-electron chi connectivity index (χ1n) is 5.11. The monoisotopic (exact) mass is 220 g/mol. The highest BCUT2D eigenvalue weighted by Gasteiger charge is 2.11. The molecule has 0 radical (unpaired) electrons. The first-order valence-corrected chi connectivity index (χ1v) is 5.11. The second kappa shape index (κ2) is 9.85. The van der Waals surface area contributed by atoms with E-state index in [0.29, 0.717) is 13.1 Å². The number of hydrogen-bond acceptors (Lipinski definition) is 5. The van der Waals surface area contributed by atoms with Crippen LogP contribution in [-0.4, -0.2) is 60.2 Å². The van der Waals surface area contributed by atoms with Crippen LogP contribution in [0.5, 0.6) is 0 Å². The van der Waals surface area contributed by atoms with Gasteiger partial charge in [0.25, 0.3) is 0 Å². The average molecular weight is 220 g/mol. The summed E-state index contributed by atoms with van der Waals surface area (Å²) in [6.45, 7) is 2.81. The normalized spacial score (nSPS) is 12.7. The molecule has 15 heavy (non-hydrogen) atoms. The quantitative estimate of drug-likeness (QED) is 0.284. The Morgan fingerprint density at radius 3 is 2.27 bits per heavy atom. The Bertz CT molecular complexity index is 166. The van der Waals surface area contributed by atoms with Crippen LogP contribution in [-0.2, 0) is 4.79 Å². The van der Waals surface area contributed by atoms with Crippen molar-refractivity contribution in [2.24, 2.45) is 0 Å². The summed E-state index contributed by atoms with van der Waals surface area (Å²) in [7, 11) is 0. The number of carboxylic acid groups (broad SMARTS) is 1. The highest BCUT2D eigenvalue weighted by atomic mass is 16.4. The van der Waals surface area contributed by atoms with Crippen molar-refractivity contribution in [2.75, 3.05) is 32.8 Å². The van der Waals surface area contributed by atoms with Gasteiger partial charge in [0.2, 0.25) is 0 Å². The van der Waals surface area contributed by atoms with E-state index in [9.17, 15) is 4.79 Å². The summed E-state index contributed by atoms with van der Waals surface area (Å²) in [6, 6.07) is 0. The Morgan fingerprint density at radius 2 is 1.73 bits per heavy atom. The summed E-state index contributed by atoms with van der Waals surface area (Å²) < 4.78 is 0. The van der Waals surface area contributed by atoms with Gasteiger partial charge in [0.15, 0.2) is 6.10 Å². The summed E-state index contributed by atoms with van der Waals surface area (Å²) in [5, 5.41) is 31.8.